The van der Waals surface area contributed by atoms with Crippen LogP contribution in [0, 0.1) is 6.92 Å². The lowest BCUT2D eigenvalue weighted by Gasteiger charge is -2.18. The van der Waals surface area contributed by atoms with Crippen LogP contribution in [0.3, 0.4) is 0 Å². The van der Waals surface area contributed by atoms with Crippen molar-refractivity contribution < 1.29 is 13.2 Å². The molecule has 6 heteroatoms. The van der Waals surface area contributed by atoms with Gasteiger partial charge in [-0.05, 0) is 24.6 Å². The fourth-order valence-electron chi connectivity index (χ4n) is 2.11. The molecule has 1 N–H and O–H groups in total. The van der Waals surface area contributed by atoms with Crippen molar-refractivity contribution in [2.75, 3.05) is 19.0 Å². The number of ether oxygens (including phenoxy) is 1. The van der Waals surface area contributed by atoms with Crippen molar-refractivity contribution in [1.29, 1.82) is 0 Å². The molecule has 0 fully saturated rings. The maximum Gasteiger partial charge on any atom is 0.240 e. The molecule has 1 unspecified atom stereocenters. The highest BCUT2D eigenvalue weighted by Crippen LogP contribution is 2.18. The minimum absolute atomic E-state index is 0.150. The highest BCUT2D eigenvalue weighted by atomic mass is 35.5. The van der Waals surface area contributed by atoms with Crippen molar-refractivity contribution in [1.82, 2.24) is 4.72 Å². The van der Waals surface area contributed by atoms with Gasteiger partial charge >= 0.3 is 0 Å². The first kappa shape index (κ1) is 17.9. The number of hydrogen-bond acceptors (Lipinski definition) is 3. The van der Waals surface area contributed by atoms with Gasteiger partial charge in [-0.15, -0.1) is 11.6 Å². The standard InChI is InChI=1S/C17H20ClNO3S/c1-14-7-9-16(10-8-14)23(20,21)19-13-17(22-12-11-18)15-5-3-2-4-6-15/h2-10,17,19H,11-13H2,1H3. The second-order valence-corrected chi connectivity index (χ2v) is 7.27. The van der Waals surface area contributed by atoms with Crippen LogP contribution in [0.5, 0.6) is 0 Å². The number of nitrogens with one attached hydrogen (secondary N) is 1. The van der Waals surface area contributed by atoms with E-state index in [-0.39, 0.29) is 17.5 Å². The van der Waals surface area contributed by atoms with E-state index < -0.39 is 10.0 Å². The summed E-state index contributed by atoms with van der Waals surface area (Å²) in [7, 11) is -3.57. The van der Waals surface area contributed by atoms with Crippen molar-refractivity contribution >= 4 is 21.6 Å². The van der Waals surface area contributed by atoms with E-state index in [9.17, 15) is 8.42 Å². The first-order valence-electron chi connectivity index (χ1n) is 7.32. The summed E-state index contributed by atoms with van der Waals surface area (Å²) in [5, 5.41) is 0. The van der Waals surface area contributed by atoms with Gasteiger partial charge in [0.05, 0.1) is 17.6 Å². The largest absolute Gasteiger partial charge is 0.371 e. The van der Waals surface area contributed by atoms with Crippen LogP contribution >= 0.6 is 11.6 Å². The second kappa shape index (κ2) is 8.45. The molecule has 124 valence electrons. The molecule has 0 spiro atoms. The smallest absolute Gasteiger partial charge is 0.240 e. The molecule has 0 saturated heterocycles. The number of halogens is 1. The third-order valence-electron chi connectivity index (χ3n) is 3.36. The molecule has 0 aliphatic heterocycles. The molecule has 0 aliphatic rings. The van der Waals surface area contributed by atoms with Crippen LogP contribution in [-0.2, 0) is 14.8 Å². The number of sulfonamides is 1. The summed E-state index contributed by atoms with van der Waals surface area (Å²) in [6.07, 6.45) is -0.379. The van der Waals surface area contributed by atoms with E-state index in [2.05, 4.69) is 4.72 Å². The normalized spacial score (nSPS) is 13.0. The van der Waals surface area contributed by atoms with E-state index in [1.807, 2.05) is 37.3 Å². The predicted molar refractivity (Wildman–Crippen MR) is 92.2 cm³/mol. The fraction of sp³-hybridized carbons (Fsp3) is 0.294. The Bertz CT molecular complexity index is 702. The summed E-state index contributed by atoms with van der Waals surface area (Å²) in [6.45, 7) is 2.42. The molecular formula is C17H20ClNO3S. The summed E-state index contributed by atoms with van der Waals surface area (Å²) in [6, 6.07) is 16.2. The number of hydrogen-bond donors (Lipinski definition) is 1. The van der Waals surface area contributed by atoms with Crippen LogP contribution in [0.25, 0.3) is 0 Å². The molecule has 2 aromatic rings. The molecule has 23 heavy (non-hydrogen) atoms. The van der Waals surface area contributed by atoms with Gasteiger partial charge in [-0.1, -0.05) is 48.0 Å². The van der Waals surface area contributed by atoms with E-state index in [0.29, 0.717) is 12.5 Å². The van der Waals surface area contributed by atoms with E-state index in [0.717, 1.165) is 11.1 Å². The topological polar surface area (TPSA) is 55.4 Å². The summed E-state index contributed by atoms with van der Waals surface area (Å²) >= 11 is 5.67. The van der Waals surface area contributed by atoms with E-state index >= 15 is 0 Å². The first-order valence-corrected chi connectivity index (χ1v) is 9.33. The maximum atomic E-state index is 12.4. The summed E-state index contributed by atoms with van der Waals surface area (Å²) < 4.78 is 33.0. The Morgan fingerprint density at radius 3 is 2.35 bits per heavy atom. The molecule has 1 atom stereocenters. The summed E-state index contributed by atoms with van der Waals surface area (Å²) in [5.74, 6) is 0.355. The Labute approximate surface area is 142 Å². The average molecular weight is 354 g/mol. The highest BCUT2D eigenvalue weighted by Gasteiger charge is 2.18. The molecule has 0 bridgehead atoms. The molecule has 2 aromatic carbocycles. The lowest BCUT2D eigenvalue weighted by molar-refractivity contribution is 0.0676. The van der Waals surface area contributed by atoms with Crippen LogP contribution in [0.15, 0.2) is 59.5 Å². The molecule has 4 nitrogen and oxygen atoms in total. The number of alkyl halides is 1. The van der Waals surface area contributed by atoms with Crippen molar-refractivity contribution in [3.63, 3.8) is 0 Å². The molecular weight excluding hydrogens is 334 g/mol. The lowest BCUT2D eigenvalue weighted by atomic mass is 10.1. The Kier molecular flexibility index (Phi) is 6.59. The van der Waals surface area contributed by atoms with Gasteiger partial charge in [-0.25, -0.2) is 13.1 Å². The summed E-state index contributed by atoms with van der Waals surface area (Å²) in [4.78, 5) is 0.243. The van der Waals surface area contributed by atoms with Gasteiger partial charge in [-0.2, -0.15) is 0 Å². The van der Waals surface area contributed by atoms with Gasteiger partial charge in [0.2, 0.25) is 10.0 Å². The minimum Gasteiger partial charge on any atom is -0.371 e. The second-order valence-electron chi connectivity index (χ2n) is 5.12. The Morgan fingerprint density at radius 2 is 1.74 bits per heavy atom. The van der Waals surface area contributed by atoms with E-state index in [4.69, 9.17) is 16.3 Å². The third-order valence-corrected chi connectivity index (χ3v) is 4.95. The van der Waals surface area contributed by atoms with Gasteiger partial charge < -0.3 is 4.74 Å². The van der Waals surface area contributed by atoms with Gasteiger partial charge in [0, 0.05) is 12.4 Å². The zero-order valence-corrected chi connectivity index (χ0v) is 14.5. The minimum atomic E-state index is -3.57. The van der Waals surface area contributed by atoms with E-state index in [1.165, 1.54) is 0 Å². The monoisotopic (exact) mass is 353 g/mol. The first-order chi connectivity index (χ1) is 11.0. The number of benzene rings is 2. The van der Waals surface area contributed by atoms with Crippen LogP contribution in [-0.4, -0.2) is 27.4 Å². The molecule has 0 radical (unpaired) electrons. The van der Waals surface area contributed by atoms with Crippen molar-refractivity contribution in [3.8, 4) is 0 Å². The number of rotatable bonds is 8. The third kappa shape index (κ3) is 5.32. The average Bonchev–Trinajstić information content (AvgIpc) is 2.56. The van der Waals surface area contributed by atoms with Gasteiger partial charge in [-0.3, -0.25) is 0 Å². The van der Waals surface area contributed by atoms with Gasteiger partial charge in [0.15, 0.2) is 0 Å². The quantitative estimate of drug-likeness (QED) is 0.741. The van der Waals surface area contributed by atoms with Crippen molar-refractivity contribution in [2.45, 2.75) is 17.9 Å². The molecule has 0 aliphatic carbocycles. The van der Waals surface area contributed by atoms with Crippen LogP contribution in [0.1, 0.15) is 17.2 Å². The molecule has 2 rings (SSSR count). The van der Waals surface area contributed by atoms with Crippen LogP contribution < -0.4 is 4.72 Å². The summed E-state index contributed by atoms with van der Waals surface area (Å²) in [5.41, 5.74) is 1.92. The maximum absolute atomic E-state index is 12.4. The van der Waals surface area contributed by atoms with Crippen LogP contribution in [0.4, 0.5) is 0 Å². The highest BCUT2D eigenvalue weighted by molar-refractivity contribution is 7.89. The molecule has 0 amide bonds. The van der Waals surface area contributed by atoms with Gasteiger partial charge in [0.1, 0.15) is 0 Å². The lowest BCUT2D eigenvalue weighted by Crippen LogP contribution is -2.30. The fourth-order valence-corrected chi connectivity index (χ4v) is 3.23. The molecule has 0 aromatic heterocycles. The number of aryl methyl sites for hydroxylation is 1. The van der Waals surface area contributed by atoms with Gasteiger partial charge in [0.25, 0.3) is 0 Å². The molecule has 0 heterocycles. The Balaban J connectivity index is 2.09. The van der Waals surface area contributed by atoms with Crippen LogP contribution in [0.2, 0.25) is 0 Å². The zero-order valence-electron chi connectivity index (χ0n) is 12.9. The predicted octanol–water partition coefficient (Wildman–Crippen LogP) is 3.27. The SMILES string of the molecule is Cc1ccc(S(=O)(=O)NCC(OCCCl)c2ccccc2)cc1. The Morgan fingerprint density at radius 1 is 1.09 bits per heavy atom. The molecule has 0 saturated carbocycles. The van der Waals surface area contributed by atoms with Crippen molar-refractivity contribution in [3.05, 3.63) is 65.7 Å². The zero-order chi connectivity index (χ0) is 16.7. The Hall–Kier alpha value is -1.40. The van der Waals surface area contributed by atoms with E-state index in [1.54, 1.807) is 24.3 Å². The van der Waals surface area contributed by atoms with Crippen molar-refractivity contribution in [2.24, 2.45) is 0 Å².